The molecule has 0 unspecified atom stereocenters. The average Bonchev–Trinajstić information content (AvgIpc) is 2.83. The van der Waals surface area contributed by atoms with Crippen LogP contribution >= 0.6 is 11.6 Å². The number of anilines is 1. The molecule has 0 saturated carbocycles. The van der Waals surface area contributed by atoms with Crippen LogP contribution in [-0.4, -0.2) is 15.0 Å². The zero-order chi connectivity index (χ0) is 12.5. The number of hydrogen-bond acceptors (Lipinski definition) is 4. The molecule has 0 spiro atoms. The molecule has 90 valence electrons. The van der Waals surface area contributed by atoms with E-state index in [1.54, 1.807) is 24.4 Å². The molecule has 0 aliphatic carbocycles. The molecular formula is C12H9ClN4O. The Bertz CT molecular complexity index is 710. The van der Waals surface area contributed by atoms with Gasteiger partial charge in [-0.2, -0.15) is 4.98 Å². The number of hydrogen-bond donors (Lipinski definition) is 2. The molecule has 3 aromatic rings. The van der Waals surface area contributed by atoms with Crippen LogP contribution in [0.2, 0.25) is 5.02 Å². The highest BCUT2D eigenvalue weighted by molar-refractivity contribution is 6.33. The summed E-state index contributed by atoms with van der Waals surface area (Å²) >= 11 is 5.93. The van der Waals surface area contributed by atoms with E-state index in [-0.39, 0.29) is 0 Å². The minimum atomic E-state index is 0.448. The number of ether oxygens (including phenoxy) is 1. The molecule has 3 rings (SSSR count). The molecule has 0 aliphatic heterocycles. The number of halogens is 1. The van der Waals surface area contributed by atoms with Crippen LogP contribution in [0.5, 0.6) is 11.6 Å². The maximum Gasteiger partial charge on any atom is 0.247 e. The van der Waals surface area contributed by atoms with E-state index in [2.05, 4.69) is 15.0 Å². The predicted octanol–water partition coefficient (Wildman–Crippen LogP) is 2.99. The van der Waals surface area contributed by atoms with Gasteiger partial charge in [0, 0.05) is 12.3 Å². The number of H-pyrrole nitrogens is 1. The van der Waals surface area contributed by atoms with Crippen molar-refractivity contribution in [1.82, 2.24) is 15.0 Å². The van der Waals surface area contributed by atoms with Gasteiger partial charge in [0.1, 0.15) is 17.6 Å². The number of nitrogens with one attached hydrogen (secondary N) is 1. The highest BCUT2D eigenvalue weighted by Gasteiger charge is 2.07. The topological polar surface area (TPSA) is 76.8 Å². The largest absolute Gasteiger partial charge is 0.437 e. The maximum absolute atomic E-state index is 5.93. The first kappa shape index (κ1) is 10.9. The predicted molar refractivity (Wildman–Crippen MR) is 69.8 cm³/mol. The van der Waals surface area contributed by atoms with E-state index in [1.807, 2.05) is 6.07 Å². The van der Waals surface area contributed by atoms with Crippen molar-refractivity contribution < 1.29 is 4.74 Å². The number of aromatic amines is 1. The number of aromatic nitrogens is 3. The fourth-order valence-electron chi connectivity index (χ4n) is 1.61. The summed E-state index contributed by atoms with van der Waals surface area (Å²) in [5.74, 6) is 1.02. The summed E-state index contributed by atoms with van der Waals surface area (Å²) in [4.78, 5) is 11.2. The summed E-state index contributed by atoms with van der Waals surface area (Å²) in [5, 5.41) is 0.448. The molecule has 6 heteroatoms. The van der Waals surface area contributed by atoms with Crippen molar-refractivity contribution in [3.8, 4) is 11.6 Å². The summed E-state index contributed by atoms with van der Waals surface area (Å²) in [6.45, 7) is 0. The van der Waals surface area contributed by atoms with Crippen LogP contribution in [-0.2, 0) is 0 Å². The zero-order valence-electron chi connectivity index (χ0n) is 9.22. The Hall–Kier alpha value is -2.27. The lowest BCUT2D eigenvalue weighted by Crippen LogP contribution is -1.92. The molecule has 1 aromatic carbocycles. The maximum atomic E-state index is 5.93. The first-order valence-electron chi connectivity index (χ1n) is 5.25. The van der Waals surface area contributed by atoms with Gasteiger partial charge in [0.05, 0.1) is 16.2 Å². The van der Waals surface area contributed by atoms with Crippen LogP contribution in [0.15, 0.2) is 36.8 Å². The van der Waals surface area contributed by atoms with Gasteiger partial charge in [0.15, 0.2) is 0 Å². The lowest BCUT2D eigenvalue weighted by atomic mass is 10.3. The molecule has 2 aromatic heterocycles. The summed E-state index contributed by atoms with van der Waals surface area (Å²) in [7, 11) is 0. The minimum absolute atomic E-state index is 0.448. The van der Waals surface area contributed by atoms with Gasteiger partial charge in [-0.1, -0.05) is 11.6 Å². The molecule has 0 atom stereocenters. The average molecular weight is 261 g/mol. The van der Waals surface area contributed by atoms with E-state index in [1.165, 1.54) is 6.33 Å². The second-order valence-electron chi connectivity index (χ2n) is 3.70. The first-order valence-corrected chi connectivity index (χ1v) is 5.63. The van der Waals surface area contributed by atoms with E-state index in [4.69, 9.17) is 22.1 Å². The van der Waals surface area contributed by atoms with Crippen LogP contribution in [0.1, 0.15) is 0 Å². The van der Waals surface area contributed by atoms with E-state index in [0.717, 1.165) is 11.0 Å². The van der Waals surface area contributed by atoms with E-state index in [0.29, 0.717) is 22.3 Å². The van der Waals surface area contributed by atoms with Gasteiger partial charge in [-0.3, -0.25) is 0 Å². The molecule has 5 nitrogen and oxygen atoms in total. The summed E-state index contributed by atoms with van der Waals surface area (Å²) in [6.07, 6.45) is 3.23. The molecule has 18 heavy (non-hydrogen) atoms. The molecule has 0 aliphatic rings. The second kappa shape index (κ2) is 4.19. The number of nitrogens with two attached hydrogens (primary N) is 1. The van der Waals surface area contributed by atoms with E-state index >= 15 is 0 Å². The van der Waals surface area contributed by atoms with Gasteiger partial charge < -0.3 is 15.5 Å². The molecule has 0 fully saturated rings. The number of rotatable bonds is 2. The second-order valence-corrected chi connectivity index (χ2v) is 4.11. The van der Waals surface area contributed by atoms with Gasteiger partial charge in [0.25, 0.3) is 0 Å². The molecule has 0 radical (unpaired) electrons. The number of nitrogens with zero attached hydrogens (tertiary/aromatic N) is 2. The van der Waals surface area contributed by atoms with Crippen molar-refractivity contribution >= 4 is 28.3 Å². The lowest BCUT2D eigenvalue weighted by Gasteiger charge is -2.06. The van der Waals surface area contributed by atoms with Crippen LogP contribution in [0, 0.1) is 0 Å². The van der Waals surface area contributed by atoms with Crippen molar-refractivity contribution in [2.75, 3.05) is 5.73 Å². The molecule has 3 N–H and O–H groups in total. The molecule has 2 heterocycles. The van der Waals surface area contributed by atoms with Crippen LogP contribution < -0.4 is 10.5 Å². The number of nitrogen functional groups attached to an aromatic ring is 1. The highest BCUT2D eigenvalue weighted by atomic mass is 35.5. The Kier molecular flexibility index (Phi) is 2.53. The lowest BCUT2D eigenvalue weighted by molar-refractivity contribution is 0.467. The molecule has 0 amide bonds. The van der Waals surface area contributed by atoms with E-state index < -0.39 is 0 Å². The van der Waals surface area contributed by atoms with Crippen molar-refractivity contribution in [2.45, 2.75) is 0 Å². The van der Waals surface area contributed by atoms with Crippen molar-refractivity contribution in [3.05, 3.63) is 41.8 Å². The Morgan fingerprint density at radius 1 is 1.22 bits per heavy atom. The Balaban J connectivity index is 2.01. The summed E-state index contributed by atoms with van der Waals surface area (Å²) in [6, 6.07) is 6.91. The number of benzene rings is 1. The Labute approximate surface area is 108 Å². The minimum Gasteiger partial charge on any atom is -0.437 e. The zero-order valence-corrected chi connectivity index (χ0v) is 9.98. The standard InChI is InChI=1S/C12H9ClN4O/c13-8-5-7(1-2-9(8)14)18-12-11-10(3-4-15-11)16-6-17-12/h1-6,15H,14H2. The van der Waals surface area contributed by atoms with Gasteiger partial charge in [-0.25, -0.2) is 4.98 Å². The summed E-state index contributed by atoms with van der Waals surface area (Å²) in [5.41, 5.74) is 7.68. The smallest absolute Gasteiger partial charge is 0.247 e. The third kappa shape index (κ3) is 1.84. The fraction of sp³-hybridized carbons (Fsp3) is 0. The van der Waals surface area contributed by atoms with Gasteiger partial charge in [-0.05, 0) is 18.2 Å². The van der Waals surface area contributed by atoms with Crippen LogP contribution in [0.3, 0.4) is 0 Å². The first-order chi connectivity index (χ1) is 8.74. The third-order valence-corrected chi connectivity index (χ3v) is 2.82. The fourth-order valence-corrected chi connectivity index (χ4v) is 1.78. The third-order valence-electron chi connectivity index (χ3n) is 2.50. The van der Waals surface area contributed by atoms with Crippen molar-refractivity contribution in [3.63, 3.8) is 0 Å². The van der Waals surface area contributed by atoms with Gasteiger partial charge >= 0.3 is 0 Å². The van der Waals surface area contributed by atoms with Crippen LogP contribution in [0.25, 0.3) is 11.0 Å². The van der Waals surface area contributed by atoms with Gasteiger partial charge in [0.2, 0.25) is 5.88 Å². The SMILES string of the molecule is Nc1ccc(Oc2ncnc3cc[nH]c23)cc1Cl. The van der Waals surface area contributed by atoms with Crippen LogP contribution in [0.4, 0.5) is 5.69 Å². The highest BCUT2D eigenvalue weighted by Crippen LogP contribution is 2.29. The quantitative estimate of drug-likeness (QED) is 0.695. The number of fused-ring (bicyclic) bond motifs is 1. The molecular weight excluding hydrogens is 252 g/mol. The summed E-state index contributed by atoms with van der Waals surface area (Å²) < 4.78 is 5.66. The molecule has 0 saturated heterocycles. The van der Waals surface area contributed by atoms with E-state index in [9.17, 15) is 0 Å². The van der Waals surface area contributed by atoms with Crippen molar-refractivity contribution in [2.24, 2.45) is 0 Å². The Morgan fingerprint density at radius 3 is 2.94 bits per heavy atom. The molecule has 0 bridgehead atoms. The van der Waals surface area contributed by atoms with Gasteiger partial charge in [-0.15, -0.1) is 0 Å². The Morgan fingerprint density at radius 2 is 2.11 bits per heavy atom. The van der Waals surface area contributed by atoms with Crippen molar-refractivity contribution in [1.29, 1.82) is 0 Å². The monoisotopic (exact) mass is 260 g/mol. The normalized spacial score (nSPS) is 10.7.